The summed E-state index contributed by atoms with van der Waals surface area (Å²) < 4.78 is 5.60. The van der Waals surface area contributed by atoms with Gasteiger partial charge in [0.05, 0.1) is 0 Å². The largest absolute Gasteiger partial charge is 0.371 e. The quantitative estimate of drug-likeness (QED) is 0.743. The smallest absolute Gasteiger partial charge is 0.160 e. The molecule has 0 aliphatic carbocycles. The Hall–Kier alpha value is -1.00. The number of ether oxygens (including phenoxy) is 1. The number of hydrogen-bond acceptors (Lipinski definition) is 4. The lowest BCUT2D eigenvalue weighted by Crippen LogP contribution is -2.27. The minimum absolute atomic E-state index is 0.391. The van der Waals surface area contributed by atoms with Crippen LogP contribution in [0.4, 0.5) is 0 Å². The van der Waals surface area contributed by atoms with Gasteiger partial charge in [-0.25, -0.2) is 9.97 Å². The van der Waals surface area contributed by atoms with Crippen molar-refractivity contribution in [3.05, 3.63) is 22.8 Å². The molecule has 1 rings (SSSR count). The maximum absolute atomic E-state index is 5.60. The minimum atomic E-state index is -0.391. The molecule has 1 atom stereocenters. The zero-order valence-electron chi connectivity index (χ0n) is 13.8. The SMILES string of the molecule is CCNCCCc1c(C)nc(C(C)(CC)OC)nc1C. The highest BCUT2D eigenvalue weighted by Gasteiger charge is 2.28. The van der Waals surface area contributed by atoms with Gasteiger partial charge in [-0.05, 0) is 58.7 Å². The lowest BCUT2D eigenvalue weighted by Gasteiger charge is -2.26. The van der Waals surface area contributed by atoms with E-state index in [0.717, 1.165) is 49.6 Å². The topological polar surface area (TPSA) is 47.0 Å². The van der Waals surface area contributed by atoms with Crippen molar-refractivity contribution < 1.29 is 4.74 Å². The van der Waals surface area contributed by atoms with E-state index in [4.69, 9.17) is 14.7 Å². The zero-order valence-corrected chi connectivity index (χ0v) is 13.8. The van der Waals surface area contributed by atoms with Crippen LogP contribution in [0, 0.1) is 13.8 Å². The van der Waals surface area contributed by atoms with Crippen LogP contribution < -0.4 is 5.32 Å². The summed E-state index contributed by atoms with van der Waals surface area (Å²) in [5, 5.41) is 3.35. The Labute approximate surface area is 123 Å². The predicted octanol–water partition coefficient (Wildman–Crippen LogP) is 2.91. The fraction of sp³-hybridized carbons (Fsp3) is 0.750. The number of rotatable bonds is 8. The van der Waals surface area contributed by atoms with Crippen LogP contribution in [-0.4, -0.2) is 30.2 Å². The Morgan fingerprint density at radius 3 is 2.20 bits per heavy atom. The molecular weight excluding hydrogens is 250 g/mol. The summed E-state index contributed by atoms with van der Waals surface area (Å²) >= 11 is 0. The van der Waals surface area contributed by atoms with E-state index < -0.39 is 5.60 Å². The molecule has 0 radical (unpaired) electrons. The van der Waals surface area contributed by atoms with Crippen LogP contribution in [0.15, 0.2) is 0 Å². The second-order valence-corrected chi connectivity index (χ2v) is 5.44. The molecule has 1 heterocycles. The first kappa shape index (κ1) is 17.1. The number of nitrogens with one attached hydrogen (secondary N) is 1. The van der Waals surface area contributed by atoms with Crippen LogP contribution >= 0.6 is 0 Å². The van der Waals surface area contributed by atoms with Crippen LogP contribution in [0.3, 0.4) is 0 Å². The maximum Gasteiger partial charge on any atom is 0.160 e. The molecule has 4 heteroatoms. The molecule has 0 bridgehead atoms. The average Bonchev–Trinajstić information content (AvgIpc) is 2.44. The lowest BCUT2D eigenvalue weighted by molar-refractivity contribution is -0.00928. The van der Waals surface area contributed by atoms with E-state index in [2.05, 4.69) is 33.0 Å². The van der Waals surface area contributed by atoms with Crippen molar-refractivity contribution in [2.24, 2.45) is 0 Å². The summed E-state index contributed by atoms with van der Waals surface area (Å²) in [5.74, 6) is 0.799. The molecule has 114 valence electrons. The molecule has 0 aromatic carbocycles. The van der Waals surface area contributed by atoms with E-state index in [1.807, 2.05) is 6.92 Å². The first-order chi connectivity index (χ1) is 9.48. The number of methoxy groups -OCH3 is 1. The van der Waals surface area contributed by atoms with Gasteiger partial charge in [0.15, 0.2) is 5.82 Å². The van der Waals surface area contributed by atoms with Gasteiger partial charge in [-0.15, -0.1) is 0 Å². The molecule has 4 nitrogen and oxygen atoms in total. The van der Waals surface area contributed by atoms with Gasteiger partial charge in [0, 0.05) is 18.5 Å². The Bertz CT molecular complexity index is 405. The summed E-state index contributed by atoms with van der Waals surface area (Å²) in [4.78, 5) is 9.38. The Balaban J connectivity index is 2.91. The maximum atomic E-state index is 5.60. The van der Waals surface area contributed by atoms with Gasteiger partial charge in [0.25, 0.3) is 0 Å². The molecule has 20 heavy (non-hydrogen) atoms. The first-order valence-electron chi connectivity index (χ1n) is 7.59. The number of aromatic nitrogens is 2. The molecule has 1 aromatic heterocycles. The lowest BCUT2D eigenvalue weighted by atomic mass is 10.00. The van der Waals surface area contributed by atoms with Crippen LogP contribution in [-0.2, 0) is 16.8 Å². The Morgan fingerprint density at radius 1 is 1.15 bits per heavy atom. The van der Waals surface area contributed by atoms with Crippen molar-refractivity contribution >= 4 is 0 Å². The van der Waals surface area contributed by atoms with Gasteiger partial charge in [-0.2, -0.15) is 0 Å². The van der Waals surface area contributed by atoms with E-state index in [1.54, 1.807) is 7.11 Å². The average molecular weight is 279 g/mol. The van der Waals surface area contributed by atoms with Crippen LogP contribution in [0.2, 0.25) is 0 Å². The third kappa shape index (κ3) is 4.00. The normalized spacial score (nSPS) is 14.3. The van der Waals surface area contributed by atoms with Gasteiger partial charge in [-0.1, -0.05) is 13.8 Å². The van der Waals surface area contributed by atoms with E-state index in [-0.39, 0.29) is 0 Å². The fourth-order valence-corrected chi connectivity index (χ4v) is 2.30. The number of nitrogens with zero attached hydrogens (tertiary/aromatic N) is 2. The molecule has 1 aromatic rings. The van der Waals surface area contributed by atoms with Gasteiger partial charge >= 0.3 is 0 Å². The summed E-state index contributed by atoms with van der Waals surface area (Å²) in [6.45, 7) is 12.5. The standard InChI is InChI=1S/C16H29N3O/c1-7-16(5,20-6)15-18-12(3)14(13(4)19-15)10-9-11-17-8-2/h17H,7-11H2,1-6H3. The molecule has 0 spiro atoms. The van der Waals surface area contributed by atoms with Crippen molar-refractivity contribution in [1.29, 1.82) is 0 Å². The predicted molar refractivity (Wildman–Crippen MR) is 83.0 cm³/mol. The second-order valence-electron chi connectivity index (χ2n) is 5.44. The first-order valence-corrected chi connectivity index (χ1v) is 7.59. The molecule has 1 unspecified atom stereocenters. The highest BCUT2D eigenvalue weighted by atomic mass is 16.5. The minimum Gasteiger partial charge on any atom is -0.371 e. The van der Waals surface area contributed by atoms with Crippen molar-refractivity contribution in [2.75, 3.05) is 20.2 Å². The third-order valence-corrected chi connectivity index (χ3v) is 4.05. The molecule has 0 saturated carbocycles. The van der Waals surface area contributed by atoms with E-state index in [9.17, 15) is 0 Å². The Morgan fingerprint density at radius 2 is 1.75 bits per heavy atom. The highest BCUT2D eigenvalue weighted by Crippen LogP contribution is 2.26. The molecular formula is C16H29N3O. The molecule has 0 aliphatic rings. The number of hydrogen-bond donors (Lipinski definition) is 1. The molecule has 0 saturated heterocycles. The number of aryl methyl sites for hydroxylation is 2. The van der Waals surface area contributed by atoms with Crippen molar-refractivity contribution in [3.8, 4) is 0 Å². The van der Waals surface area contributed by atoms with Crippen molar-refractivity contribution in [3.63, 3.8) is 0 Å². The van der Waals surface area contributed by atoms with E-state index >= 15 is 0 Å². The second kappa shape index (κ2) is 7.70. The van der Waals surface area contributed by atoms with Crippen LogP contribution in [0.1, 0.15) is 56.4 Å². The summed E-state index contributed by atoms with van der Waals surface area (Å²) in [6, 6.07) is 0. The van der Waals surface area contributed by atoms with E-state index in [1.165, 1.54) is 5.56 Å². The van der Waals surface area contributed by atoms with Gasteiger partial charge in [-0.3, -0.25) is 0 Å². The van der Waals surface area contributed by atoms with Crippen molar-refractivity contribution in [1.82, 2.24) is 15.3 Å². The van der Waals surface area contributed by atoms with E-state index in [0.29, 0.717) is 0 Å². The molecule has 0 amide bonds. The summed E-state index contributed by atoms with van der Waals surface area (Å²) in [7, 11) is 1.72. The third-order valence-electron chi connectivity index (χ3n) is 4.05. The zero-order chi connectivity index (χ0) is 15.2. The van der Waals surface area contributed by atoms with Gasteiger partial charge in [0.1, 0.15) is 5.60 Å². The molecule has 0 fully saturated rings. The monoisotopic (exact) mass is 279 g/mol. The molecule has 1 N–H and O–H groups in total. The van der Waals surface area contributed by atoms with Crippen LogP contribution in [0.25, 0.3) is 0 Å². The summed E-state index contributed by atoms with van der Waals surface area (Å²) in [5.41, 5.74) is 3.06. The summed E-state index contributed by atoms with van der Waals surface area (Å²) in [6.07, 6.45) is 3.01. The van der Waals surface area contributed by atoms with Crippen molar-refractivity contribution in [2.45, 2.75) is 59.5 Å². The molecule has 0 aliphatic heterocycles. The fourth-order valence-electron chi connectivity index (χ4n) is 2.30. The Kier molecular flexibility index (Phi) is 6.56. The van der Waals surface area contributed by atoms with Gasteiger partial charge in [0.2, 0.25) is 0 Å². The highest BCUT2D eigenvalue weighted by molar-refractivity contribution is 5.25. The van der Waals surface area contributed by atoms with Gasteiger partial charge < -0.3 is 10.1 Å². The van der Waals surface area contributed by atoms with Crippen LogP contribution in [0.5, 0.6) is 0 Å².